The third kappa shape index (κ3) is 6.13. The van der Waals surface area contributed by atoms with Crippen molar-refractivity contribution in [1.82, 2.24) is 20.0 Å². The Kier molecular flexibility index (Phi) is 6.58. The summed E-state index contributed by atoms with van der Waals surface area (Å²) in [5.41, 5.74) is 2.16. The van der Waals surface area contributed by atoms with Crippen LogP contribution in [0.5, 0.6) is 5.75 Å². The molecule has 0 spiro atoms. The molecule has 0 aliphatic carbocycles. The van der Waals surface area contributed by atoms with E-state index >= 15 is 0 Å². The number of pyridine rings is 1. The second kappa shape index (κ2) is 9.31. The quantitative estimate of drug-likeness (QED) is 0.466. The van der Waals surface area contributed by atoms with E-state index in [-0.39, 0.29) is 12.3 Å². The Bertz CT molecular complexity index is 935. The maximum absolute atomic E-state index is 12.6. The fourth-order valence-electron chi connectivity index (χ4n) is 2.78. The number of halogens is 3. The van der Waals surface area contributed by atoms with Gasteiger partial charge in [0.05, 0.1) is 12.2 Å². The molecule has 0 saturated heterocycles. The van der Waals surface area contributed by atoms with Gasteiger partial charge in [0, 0.05) is 37.5 Å². The van der Waals surface area contributed by atoms with Crippen molar-refractivity contribution in [1.29, 1.82) is 0 Å². The van der Waals surface area contributed by atoms with Gasteiger partial charge in [-0.15, -0.1) is 13.2 Å². The largest absolute Gasteiger partial charge is 0.573 e. The van der Waals surface area contributed by atoms with Crippen LogP contribution in [0.2, 0.25) is 0 Å². The average molecular weight is 405 g/mol. The van der Waals surface area contributed by atoms with Gasteiger partial charge in [-0.1, -0.05) is 24.3 Å². The zero-order chi connectivity index (χ0) is 20.7. The summed E-state index contributed by atoms with van der Waals surface area (Å²) < 4.78 is 43.7. The Hall–Kier alpha value is -3.23. The number of aromatic nitrogens is 2. The lowest BCUT2D eigenvalue weighted by Crippen LogP contribution is -2.38. The minimum Gasteiger partial charge on any atom is -0.405 e. The number of aliphatic imine (C=N–C) groups is 1. The Labute approximate surface area is 166 Å². The van der Waals surface area contributed by atoms with E-state index in [9.17, 15) is 13.2 Å². The molecule has 3 rings (SSSR count). The number of guanidine groups is 1. The lowest BCUT2D eigenvalue weighted by molar-refractivity contribution is -0.274. The monoisotopic (exact) mass is 405 g/mol. The molecule has 1 aromatic carbocycles. The zero-order valence-electron chi connectivity index (χ0n) is 15.9. The molecule has 0 amide bonds. The smallest absolute Gasteiger partial charge is 0.405 e. The van der Waals surface area contributed by atoms with Gasteiger partial charge in [0.2, 0.25) is 0 Å². The average Bonchev–Trinajstić information content (AvgIpc) is 3.08. The summed E-state index contributed by atoms with van der Waals surface area (Å²) in [4.78, 5) is 8.90. The molecule has 2 aromatic heterocycles. The summed E-state index contributed by atoms with van der Waals surface area (Å²) in [5, 5.41) is 6.26. The maximum Gasteiger partial charge on any atom is 0.573 e. The van der Waals surface area contributed by atoms with Gasteiger partial charge in [-0.3, -0.25) is 0 Å². The molecular weight excluding hydrogens is 383 g/mol. The molecule has 0 aliphatic heterocycles. The van der Waals surface area contributed by atoms with Crippen LogP contribution in [0.25, 0.3) is 5.65 Å². The van der Waals surface area contributed by atoms with Gasteiger partial charge in [0.15, 0.2) is 5.96 Å². The van der Waals surface area contributed by atoms with E-state index in [1.807, 2.05) is 41.9 Å². The highest BCUT2D eigenvalue weighted by atomic mass is 19.4. The number of hydrogen-bond donors (Lipinski definition) is 2. The van der Waals surface area contributed by atoms with Crippen LogP contribution >= 0.6 is 0 Å². The maximum atomic E-state index is 12.6. The van der Waals surface area contributed by atoms with E-state index in [4.69, 9.17) is 0 Å². The Morgan fingerprint density at radius 2 is 1.93 bits per heavy atom. The first-order chi connectivity index (χ1) is 13.9. The van der Waals surface area contributed by atoms with Crippen LogP contribution in [0.4, 0.5) is 13.2 Å². The Balaban J connectivity index is 1.61. The molecule has 9 heteroatoms. The Morgan fingerprint density at radius 3 is 2.69 bits per heavy atom. The van der Waals surface area contributed by atoms with Crippen LogP contribution in [0.3, 0.4) is 0 Å². The van der Waals surface area contributed by atoms with Crippen LogP contribution in [0.15, 0.2) is 59.9 Å². The van der Waals surface area contributed by atoms with Crippen LogP contribution < -0.4 is 15.4 Å². The Morgan fingerprint density at radius 1 is 1.14 bits per heavy atom. The fraction of sp³-hybridized carbons (Fsp3) is 0.300. The first-order valence-corrected chi connectivity index (χ1v) is 9.23. The molecule has 0 aliphatic rings. The van der Waals surface area contributed by atoms with Gasteiger partial charge in [0.1, 0.15) is 11.4 Å². The molecule has 3 aromatic rings. The van der Waals surface area contributed by atoms with Gasteiger partial charge < -0.3 is 19.8 Å². The molecule has 0 fully saturated rings. The first kappa shape index (κ1) is 20.5. The number of fused-ring (bicyclic) bond motifs is 1. The van der Waals surface area contributed by atoms with Crippen molar-refractivity contribution in [3.63, 3.8) is 0 Å². The van der Waals surface area contributed by atoms with E-state index in [2.05, 4.69) is 25.3 Å². The van der Waals surface area contributed by atoms with Gasteiger partial charge in [0.25, 0.3) is 0 Å². The predicted molar refractivity (Wildman–Crippen MR) is 105 cm³/mol. The highest BCUT2D eigenvalue weighted by Gasteiger charge is 2.31. The molecule has 154 valence electrons. The number of imidazole rings is 1. The standard InChI is InChI=1S/C20H22F3N5O/c1-2-24-19(25-11-10-16-14-28-12-6-5-9-18(28)27-16)26-13-15-7-3-4-8-17(15)29-20(21,22)23/h3-9,12,14H,2,10-11,13H2,1H3,(H2,24,25,26). The highest BCUT2D eigenvalue weighted by molar-refractivity contribution is 5.79. The number of para-hydroxylation sites is 1. The van der Waals surface area contributed by atoms with Crippen LogP contribution in [-0.2, 0) is 13.0 Å². The van der Waals surface area contributed by atoms with E-state index in [0.717, 1.165) is 11.3 Å². The number of hydrogen-bond acceptors (Lipinski definition) is 3. The summed E-state index contributed by atoms with van der Waals surface area (Å²) in [6.07, 6.45) is -0.159. The van der Waals surface area contributed by atoms with Gasteiger partial charge in [-0.2, -0.15) is 0 Å². The van der Waals surface area contributed by atoms with Crippen molar-refractivity contribution >= 4 is 11.6 Å². The SMILES string of the molecule is CCNC(=NCc1ccccc1OC(F)(F)F)NCCc1cn2ccccc2n1. The van der Waals surface area contributed by atoms with Crippen LogP contribution in [0, 0.1) is 0 Å². The van der Waals surface area contributed by atoms with Crippen molar-refractivity contribution in [3.8, 4) is 5.75 Å². The second-order valence-electron chi connectivity index (χ2n) is 6.23. The molecular formula is C20H22F3N5O. The van der Waals surface area contributed by atoms with Crippen LogP contribution in [0.1, 0.15) is 18.2 Å². The molecule has 0 unspecified atom stereocenters. The molecule has 2 N–H and O–H groups in total. The molecule has 6 nitrogen and oxygen atoms in total. The number of benzene rings is 1. The number of alkyl halides is 3. The van der Waals surface area contributed by atoms with Gasteiger partial charge >= 0.3 is 6.36 Å². The fourth-order valence-corrected chi connectivity index (χ4v) is 2.78. The summed E-state index contributed by atoms with van der Waals surface area (Å²) in [6, 6.07) is 11.8. The summed E-state index contributed by atoms with van der Waals surface area (Å²) in [5.74, 6) is 0.266. The predicted octanol–water partition coefficient (Wildman–Crippen LogP) is 3.53. The number of ether oxygens (including phenoxy) is 1. The topological polar surface area (TPSA) is 63.0 Å². The van der Waals surface area contributed by atoms with Gasteiger partial charge in [-0.25, -0.2) is 9.98 Å². The molecule has 2 heterocycles. The van der Waals surface area contributed by atoms with Crippen molar-refractivity contribution in [3.05, 3.63) is 66.1 Å². The molecule has 0 radical (unpaired) electrons. The number of rotatable bonds is 7. The zero-order valence-corrected chi connectivity index (χ0v) is 15.9. The summed E-state index contributed by atoms with van der Waals surface area (Å²) in [7, 11) is 0. The number of nitrogens with one attached hydrogen (secondary N) is 2. The molecule has 29 heavy (non-hydrogen) atoms. The van der Waals surface area contributed by atoms with E-state index in [0.29, 0.717) is 31.0 Å². The summed E-state index contributed by atoms with van der Waals surface area (Å²) in [6.45, 7) is 3.17. The highest BCUT2D eigenvalue weighted by Crippen LogP contribution is 2.26. The van der Waals surface area contributed by atoms with Crippen molar-refractivity contribution in [2.45, 2.75) is 26.3 Å². The van der Waals surface area contributed by atoms with Crippen LogP contribution in [-0.4, -0.2) is 34.8 Å². The number of nitrogens with zero attached hydrogens (tertiary/aromatic N) is 3. The first-order valence-electron chi connectivity index (χ1n) is 9.23. The third-order valence-electron chi connectivity index (χ3n) is 4.04. The van der Waals surface area contributed by atoms with Gasteiger partial charge in [-0.05, 0) is 25.1 Å². The minimum atomic E-state index is -4.74. The molecule has 0 saturated carbocycles. The molecule has 0 atom stereocenters. The second-order valence-corrected chi connectivity index (χ2v) is 6.23. The van der Waals surface area contributed by atoms with E-state index in [1.54, 1.807) is 12.1 Å². The van der Waals surface area contributed by atoms with Crippen molar-refractivity contribution in [2.75, 3.05) is 13.1 Å². The third-order valence-corrected chi connectivity index (χ3v) is 4.04. The minimum absolute atomic E-state index is 0.0515. The lowest BCUT2D eigenvalue weighted by Gasteiger charge is -2.13. The summed E-state index contributed by atoms with van der Waals surface area (Å²) >= 11 is 0. The van der Waals surface area contributed by atoms with E-state index < -0.39 is 6.36 Å². The lowest BCUT2D eigenvalue weighted by atomic mass is 10.2. The molecule has 0 bridgehead atoms. The van der Waals surface area contributed by atoms with Crippen molar-refractivity contribution in [2.24, 2.45) is 4.99 Å². The van der Waals surface area contributed by atoms with E-state index in [1.165, 1.54) is 12.1 Å². The van der Waals surface area contributed by atoms with Crippen molar-refractivity contribution < 1.29 is 17.9 Å². The normalized spacial score (nSPS) is 12.2.